The molecule has 0 bridgehead atoms. The van der Waals surface area contributed by atoms with Gasteiger partial charge in [-0.1, -0.05) is 31.7 Å². The highest BCUT2D eigenvalue weighted by atomic mass is 32.2. The zero-order valence-corrected chi connectivity index (χ0v) is 15.3. The summed E-state index contributed by atoms with van der Waals surface area (Å²) in [6.45, 7) is 3.69. The van der Waals surface area contributed by atoms with Crippen molar-refractivity contribution in [3.8, 4) is 0 Å². The van der Waals surface area contributed by atoms with E-state index in [-0.39, 0.29) is 42.0 Å². The third kappa shape index (κ3) is 3.80. The van der Waals surface area contributed by atoms with Crippen molar-refractivity contribution in [2.75, 3.05) is 5.75 Å². The van der Waals surface area contributed by atoms with Crippen molar-refractivity contribution >= 4 is 17.7 Å². The minimum absolute atomic E-state index is 0.0542. The Labute approximate surface area is 153 Å². The van der Waals surface area contributed by atoms with E-state index < -0.39 is 11.6 Å². The smallest absolute Gasteiger partial charge is 0.254 e. The van der Waals surface area contributed by atoms with E-state index in [1.807, 2.05) is 13.8 Å². The van der Waals surface area contributed by atoms with Crippen LogP contribution in [0.4, 0.5) is 8.78 Å². The topological polar surface area (TPSA) is 64.0 Å². The molecule has 5 nitrogen and oxygen atoms in total. The Morgan fingerprint density at radius 1 is 1.38 bits per heavy atom. The molecule has 26 heavy (non-hydrogen) atoms. The highest BCUT2D eigenvalue weighted by Crippen LogP contribution is 2.32. The van der Waals surface area contributed by atoms with Crippen LogP contribution >= 0.6 is 11.8 Å². The average Bonchev–Trinajstić information content (AvgIpc) is 2.97. The molecular formula is C18H19F2N3O2S. The summed E-state index contributed by atoms with van der Waals surface area (Å²) in [5.74, 6) is -1.06. The fourth-order valence-electron chi connectivity index (χ4n) is 2.79. The Hall–Kier alpha value is -2.22. The van der Waals surface area contributed by atoms with Gasteiger partial charge in [-0.25, -0.2) is 13.8 Å². The van der Waals surface area contributed by atoms with Gasteiger partial charge in [-0.15, -0.1) is 0 Å². The van der Waals surface area contributed by atoms with Gasteiger partial charge in [0.15, 0.2) is 5.16 Å². The number of halogens is 2. The summed E-state index contributed by atoms with van der Waals surface area (Å²) in [5, 5.41) is 3.13. The molecule has 0 spiro atoms. The second-order valence-corrected chi connectivity index (χ2v) is 7.46. The predicted octanol–water partition coefficient (Wildman–Crippen LogP) is 3.00. The first-order chi connectivity index (χ1) is 12.4. The lowest BCUT2D eigenvalue weighted by Gasteiger charge is -2.14. The molecule has 0 aliphatic carbocycles. The normalized spacial score (nSPS) is 16.0. The standard InChI is InChI=1S/C18H19F2N3O2S/c1-10(2)15-7-17(25)23-11(9-26-18(23)22-15)6-16(24)21-8-12-13(19)4-3-5-14(12)20/h3-5,7,10-11H,6,8-9H2,1-2H3,(H,21,24). The summed E-state index contributed by atoms with van der Waals surface area (Å²) in [7, 11) is 0. The number of rotatable bonds is 5. The van der Waals surface area contributed by atoms with Gasteiger partial charge < -0.3 is 5.32 Å². The van der Waals surface area contributed by atoms with E-state index in [0.29, 0.717) is 10.9 Å². The van der Waals surface area contributed by atoms with Gasteiger partial charge in [0.2, 0.25) is 5.91 Å². The molecule has 0 saturated heterocycles. The minimum Gasteiger partial charge on any atom is -0.352 e. The predicted molar refractivity (Wildman–Crippen MR) is 95.2 cm³/mol. The van der Waals surface area contributed by atoms with Crippen molar-refractivity contribution in [1.29, 1.82) is 0 Å². The third-order valence-corrected chi connectivity index (χ3v) is 5.34. The van der Waals surface area contributed by atoms with E-state index in [1.54, 1.807) is 0 Å². The number of hydrogen-bond acceptors (Lipinski definition) is 4. The second kappa shape index (κ2) is 7.57. The number of thioether (sulfide) groups is 1. The number of nitrogens with one attached hydrogen (secondary N) is 1. The number of amides is 1. The summed E-state index contributed by atoms with van der Waals surface area (Å²) < 4.78 is 28.7. The van der Waals surface area contributed by atoms with Crippen LogP contribution in [0.5, 0.6) is 0 Å². The highest BCUT2D eigenvalue weighted by molar-refractivity contribution is 7.99. The van der Waals surface area contributed by atoms with E-state index in [4.69, 9.17) is 0 Å². The number of nitrogens with zero attached hydrogens (tertiary/aromatic N) is 2. The molecule has 0 fully saturated rings. The van der Waals surface area contributed by atoms with Crippen LogP contribution in [0.3, 0.4) is 0 Å². The number of fused-ring (bicyclic) bond motifs is 1. The summed E-state index contributed by atoms with van der Waals surface area (Å²) in [5.41, 5.74) is 0.373. The van der Waals surface area contributed by atoms with Crippen LogP contribution in [0, 0.1) is 11.6 Å². The SMILES string of the molecule is CC(C)c1cc(=O)n2c(n1)SCC2CC(=O)NCc1c(F)cccc1F. The molecule has 8 heteroatoms. The second-order valence-electron chi connectivity index (χ2n) is 6.47. The number of carbonyl (C=O) groups is 1. The largest absolute Gasteiger partial charge is 0.352 e. The molecular weight excluding hydrogens is 360 g/mol. The first-order valence-electron chi connectivity index (χ1n) is 8.32. The van der Waals surface area contributed by atoms with Crippen LogP contribution in [0.25, 0.3) is 0 Å². The quantitative estimate of drug-likeness (QED) is 0.812. The van der Waals surface area contributed by atoms with Crippen molar-refractivity contribution in [3.05, 3.63) is 57.5 Å². The Balaban J connectivity index is 1.68. The molecule has 1 aliphatic rings. The zero-order chi connectivity index (χ0) is 18.8. The molecule has 1 N–H and O–H groups in total. The molecule has 3 rings (SSSR count). The molecule has 1 aliphatic heterocycles. The lowest BCUT2D eigenvalue weighted by Crippen LogP contribution is -2.31. The Bertz CT molecular complexity index is 878. The highest BCUT2D eigenvalue weighted by Gasteiger charge is 2.28. The van der Waals surface area contributed by atoms with Gasteiger partial charge in [0.1, 0.15) is 11.6 Å². The van der Waals surface area contributed by atoms with Crippen molar-refractivity contribution in [3.63, 3.8) is 0 Å². The Morgan fingerprint density at radius 2 is 2.08 bits per heavy atom. The molecule has 138 valence electrons. The van der Waals surface area contributed by atoms with Gasteiger partial charge in [-0.05, 0) is 18.1 Å². The van der Waals surface area contributed by atoms with Crippen molar-refractivity contribution in [2.45, 2.75) is 43.9 Å². The molecule has 1 atom stereocenters. The number of aromatic nitrogens is 2. The van der Waals surface area contributed by atoms with Gasteiger partial charge in [0, 0.05) is 30.3 Å². The number of benzene rings is 1. The van der Waals surface area contributed by atoms with Crippen LogP contribution in [-0.4, -0.2) is 21.2 Å². The van der Waals surface area contributed by atoms with E-state index in [9.17, 15) is 18.4 Å². The summed E-state index contributed by atoms with van der Waals surface area (Å²) >= 11 is 1.43. The monoisotopic (exact) mass is 379 g/mol. The maximum absolute atomic E-state index is 13.6. The Kier molecular flexibility index (Phi) is 5.41. The number of carbonyl (C=O) groups excluding carboxylic acids is 1. The molecule has 2 heterocycles. The maximum Gasteiger partial charge on any atom is 0.254 e. The maximum atomic E-state index is 13.6. The van der Waals surface area contributed by atoms with E-state index in [2.05, 4.69) is 10.3 Å². The molecule has 0 radical (unpaired) electrons. The summed E-state index contributed by atoms with van der Waals surface area (Å²) in [6, 6.07) is 4.74. The summed E-state index contributed by atoms with van der Waals surface area (Å²) in [4.78, 5) is 29.0. The molecule has 1 amide bonds. The first-order valence-corrected chi connectivity index (χ1v) is 9.31. The molecule has 1 unspecified atom stereocenters. The fraction of sp³-hybridized carbons (Fsp3) is 0.389. The Morgan fingerprint density at radius 3 is 2.73 bits per heavy atom. The van der Waals surface area contributed by atoms with Crippen molar-refractivity contribution < 1.29 is 13.6 Å². The fourth-order valence-corrected chi connectivity index (χ4v) is 3.95. The van der Waals surface area contributed by atoms with E-state index in [1.165, 1.54) is 28.5 Å². The molecule has 0 saturated carbocycles. The average molecular weight is 379 g/mol. The summed E-state index contributed by atoms with van der Waals surface area (Å²) in [6.07, 6.45) is 0.0542. The van der Waals surface area contributed by atoms with Crippen LogP contribution in [0.1, 0.15) is 43.5 Å². The van der Waals surface area contributed by atoms with Crippen LogP contribution in [0.2, 0.25) is 0 Å². The van der Waals surface area contributed by atoms with E-state index >= 15 is 0 Å². The first kappa shape index (κ1) is 18.6. The molecule has 2 aromatic rings. The van der Waals surface area contributed by atoms with Crippen LogP contribution in [0.15, 0.2) is 34.2 Å². The van der Waals surface area contributed by atoms with Gasteiger partial charge in [-0.3, -0.25) is 14.2 Å². The van der Waals surface area contributed by atoms with Crippen LogP contribution in [-0.2, 0) is 11.3 Å². The zero-order valence-electron chi connectivity index (χ0n) is 14.5. The van der Waals surface area contributed by atoms with Crippen LogP contribution < -0.4 is 10.9 Å². The lowest BCUT2D eigenvalue weighted by molar-refractivity contribution is -0.121. The van der Waals surface area contributed by atoms with Gasteiger partial charge in [0.25, 0.3) is 5.56 Å². The van der Waals surface area contributed by atoms with Gasteiger partial charge in [0.05, 0.1) is 11.7 Å². The minimum atomic E-state index is -0.700. The third-order valence-electron chi connectivity index (χ3n) is 4.25. The van der Waals surface area contributed by atoms with Gasteiger partial charge in [-0.2, -0.15) is 0 Å². The van der Waals surface area contributed by atoms with Gasteiger partial charge >= 0.3 is 0 Å². The van der Waals surface area contributed by atoms with Crippen molar-refractivity contribution in [2.24, 2.45) is 0 Å². The van der Waals surface area contributed by atoms with E-state index in [0.717, 1.165) is 17.8 Å². The molecule has 1 aromatic heterocycles. The lowest BCUT2D eigenvalue weighted by atomic mass is 10.1. The number of hydrogen-bond donors (Lipinski definition) is 1. The molecule has 1 aromatic carbocycles. The van der Waals surface area contributed by atoms with Crippen molar-refractivity contribution in [1.82, 2.24) is 14.9 Å².